The van der Waals surface area contributed by atoms with Crippen molar-refractivity contribution in [1.82, 2.24) is 14.8 Å². The molecule has 2 heterocycles. The molecule has 0 amide bonds. The minimum absolute atomic E-state index is 0.0571. The van der Waals surface area contributed by atoms with Crippen LogP contribution in [-0.4, -0.2) is 27.7 Å². The Morgan fingerprint density at radius 1 is 1.16 bits per heavy atom. The predicted molar refractivity (Wildman–Crippen MR) is 119 cm³/mol. The Morgan fingerprint density at radius 3 is 2.44 bits per heavy atom. The molecule has 0 bridgehead atoms. The minimum Gasteiger partial charge on any atom is -0.285 e. The number of benzene rings is 1. The predicted octanol–water partition coefficient (Wildman–Crippen LogP) is 5.16. The Labute approximate surface area is 187 Å². The van der Waals surface area contributed by atoms with Crippen molar-refractivity contribution in [1.29, 1.82) is 0 Å². The fraction of sp³-hybridized carbons (Fsp3) is 0.417. The van der Waals surface area contributed by atoms with E-state index < -0.39 is 15.4 Å². The fourth-order valence-corrected chi connectivity index (χ4v) is 6.00. The van der Waals surface area contributed by atoms with Gasteiger partial charge in [-0.25, -0.2) is 4.39 Å². The number of aromatic nitrogens is 3. The lowest BCUT2D eigenvalue weighted by molar-refractivity contribution is 0.172. The summed E-state index contributed by atoms with van der Waals surface area (Å²) in [4.78, 5) is 4.32. The second kappa shape index (κ2) is 7.78. The van der Waals surface area contributed by atoms with Crippen LogP contribution in [0.3, 0.4) is 0 Å². The molecule has 2 aliphatic carbocycles. The van der Waals surface area contributed by atoms with Crippen molar-refractivity contribution < 1.29 is 17.4 Å². The number of rotatable bonds is 6. The zero-order valence-corrected chi connectivity index (χ0v) is 18.9. The van der Waals surface area contributed by atoms with Crippen LogP contribution in [0.15, 0.2) is 42.7 Å². The highest BCUT2D eigenvalue weighted by molar-refractivity contribution is 7.86. The molecule has 8 heteroatoms. The van der Waals surface area contributed by atoms with Crippen LogP contribution < -0.4 is 0 Å². The lowest BCUT2D eigenvalue weighted by Gasteiger charge is -2.39. The van der Waals surface area contributed by atoms with E-state index >= 15 is 0 Å². The summed E-state index contributed by atoms with van der Waals surface area (Å²) in [6.07, 6.45) is 6.58. The first-order valence-corrected chi connectivity index (χ1v) is 12.5. The Morgan fingerprint density at radius 2 is 1.84 bits per heavy atom. The van der Waals surface area contributed by atoms with Crippen LogP contribution in [0.5, 0.6) is 0 Å². The molecule has 168 valence electrons. The smallest absolute Gasteiger partial charge is 0.272 e. The molecule has 0 spiro atoms. The van der Waals surface area contributed by atoms with Crippen LogP contribution in [0.25, 0.3) is 11.3 Å². The van der Waals surface area contributed by atoms with E-state index in [9.17, 15) is 17.4 Å². The van der Waals surface area contributed by atoms with Gasteiger partial charge in [0.25, 0.3) is 10.1 Å². The van der Waals surface area contributed by atoms with Crippen molar-refractivity contribution in [2.75, 3.05) is 0 Å². The van der Waals surface area contributed by atoms with E-state index in [2.05, 4.69) is 4.98 Å². The largest absolute Gasteiger partial charge is 0.285 e. The summed E-state index contributed by atoms with van der Waals surface area (Å²) in [5, 5.41) is 3.91. The zero-order chi connectivity index (χ0) is 22.6. The fourth-order valence-electron chi connectivity index (χ4n) is 4.79. The molecule has 1 atom stereocenters. The van der Waals surface area contributed by atoms with Crippen molar-refractivity contribution in [3.63, 3.8) is 0 Å². The molecule has 3 aromatic rings. The second-order valence-electron chi connectivity index (χ2n) is 9.23. The van der Waals surface area contributed by atoms with Gasteiger partial charge in [-0.1, -0.05) is 29.8 Å². The van der Waals surface area contributed by atoms with Gasteiger partial charge in [-0.05, 0) is 62.6 Å². The lowest BCUT2D eigenvalue weighted by Crippen LogP contribution is -2.34. The van der Waals surface area contributed by atoms with Crippen molar-refractivity contribution in [3.8, 4) is 11.3 Å². The van der Waals surface area contributed by atoms with Gasteiger partial charge in [0.2, 0.25) is 0 Å². The summed E-state index contributed by atoms with van der Waals surface area (Å²) in [6.45, 7) is 3.78. The van der Waals surface area contributed by atoms with Crippen LogP contribution in [0.1, 0.15) is 65.3 Å². The standard InChI is InChI=1S/C24H26FN3O3S/c1-14-3-5-17(6-4-14)24(32(29,30)31)18-10-20(11-18)28-13-21(23(27-28)16-7-8-16)22-15(2)9-19(25)12-26-22/h3-6,9,12-13,16,18,20,24H,7-8,10-11H2,1-2H3,(H,29,30,31). The van der Waals surface area contributed by atoms with E-state index in [4.69, 9.17) is 5.10 Å². The summed E-state index contributed by atoms with van der Waals surface area (Å²) >= 11 is 0. The highest BCUT2D eigenvalue weighted by atomic mass is 32.2. The molecule has 0 saturated heterocycles. The van der Waals surface area contributed by atoms with Gasteiger partial charge in [0.1, 0.15) is 11.1 Å². The van der Waals surface area contributed by atoms with Crippen molar-refractivity contribution in [2.24, 2.45) is 5.92 Å². The van der Waals surface area contributed by atoms with E-state index in [1.807, 2.05) is 36.9 Å². The topological polar surface area (TPSA) is 85.1 Å². The summed E-state index contributed by atoms with van der Waals surface area (Å²) in [5.41, 5.74) is 5.08. The molecule has 2 fully saturated rings. The van der Waals surface area contributed by atoms with E-state index in [1.165, 1.54) is 12.3 Å². The monoisotopic (exact) mass is 455 g/mol. The normalized spacial score (nSPS) is 21.9. The van der Waals surface area contributed by atoms with Gasteiger partial charge in [-0.15, -0.1) is 0 Å². The van der Waals surface area contributed by atoms with Gasteiger partial charge in [-0.3, -0.25) is 14.2 Å². The Balaban J connectivity index is 1.41. The molecule has 5 rings (SSSR count). The number of hydrogen-bond donors (Lipinski definition) is 1. The third-order valence-electron chi connectivity index (χ3n) is 6.70. The molecule has 2 aliphatic rings. The van der Waals surface area contributed by atoms with Gasteiger partial charge in [0.15, 0.2) is 0 Å². The molecule has 32 heavy (non-hydrogen) atoms. The van der Waals surface area contributed by atoms with Crippen LogP contribution in [0.2, 0.25) is 0 Å². The van der Waals surface area contributed by atoms with Crippen LogP contribution >= 0.6 is 0 Å². The van der Waals surface area contributed by atoms with Crippen molar-refractivity contribution >= 4 is 10.1 Å². The molecule has 2 aromatic heterocycles. The molecular weight excluding hydrogens is 429 g/mol. The average molecular weight is 456 g/mol. The maximum atomic E-state index is 13.6. The highest BCUT2D eigenvalue weighted by Crippen LogP contribution is 2.50. The molecule has 2 saturated carbocycles. The molecule has 1 unspecified atom stereocenters. The third-order valence-corrected chi connectivity index (χ3v) is 8.00. The molecule has 1 aromatic carbocycles. The minimum atomic E-state index is -4.23. The van der Waals surface area contributed by atoms with E-state index in [0.717, 1.165) is 40.9 Å². The zero-order valence-electron chi connectivity index (χ0n) is 18.1. The van der Waals surface area contributed by atoms with Crippen molar-refractivity contribution in [3.05, 3.63) is 70.9 Å². The van der Waals surface area contributed by atoms with Gasteiger partial charge in [0.05, 0.1) is 23.6 Å². The van der Waals surface area contributed by atoms with Gasteiger partial charge in [-0.2, -0.15) is 13.5 Å². The molecule has 6 nitrogen and oxygen atoms in total. The average Bonchev–Trinajstić information content (AvgIpc) is 3.44. The van der Waals surface area contributed by atoms with E-state index in [1.54, 1.807) is 12.1 Å². The first-order chi connectivity index (χ1) is 15.2. The van der Waals surface area contributed by atoms with E-state index in [-0.39, 0.29) is 17.8 Å². The van der Waals surface area contributed by atoms with Crippen LogP contribution in [0, 0.1) is 25.6 Å². The number of pyridine rings is 1. The van der Waals surface area contributed by atoms with Crippen LogP contribution in [-0.2, 0) is 10.1 Å². The number of hydrogen-bond acceptors (Lipinski definition) is 4. The molecule has 0 radical (unpaired) electrons. The lowest BCUT2D eigenvalue weighted by atomic mass is 9.76. The maximum Gasteiger partial charge on any atom is 0.272 e. The molecule has 1 N–H and O–H groups in total. The van der Waals surface area contributed by atoms with Crippen LogP contribution in [0.4, 0.5) is 4.39 Å². The maximum absolute atomic E-state index is 13.6. The van der Waals surface area contributed by atoms with Gasteiger partial charge >= 0.3 is 0 Å². The highest BCUT2D eigenvalue weighted by Gasteiger charge is 2.43. The second-order valence-corrected chi connectivity index (χ2v) is 10.8. The summed E-state index contributed by atoms with van der Waals surface area (Å²) in [5.74, 6) is -0.146. The summed E-state index contributed by atoms with van der Waals surface area (Å²) < 4.78 is 49.8. The number of nitrogens with zero attached hydrogens (tertiary/aromatic N) is 3. The molecular formula is C24H26FN3O3S. The quantitative estimate of drug-likeness (QED) is 0.519. The van der Waals surface area contributed by atoms with Crippen molar-refractivity contribution in [2.45, 2.75) is 56.7 Å². The summed E-state index contributed by atoms with van der Waals surface area (Å²) in [7, 11) is -4.23. The Bertz CT molecular complexity index is 1260. The first kappa shape index (κ1) is 21.3. The van der Waals surface area contributed by atoms with E-state index in [0.29, 0.717) is 24.3 Å². The first-order valence-electron chi connectivity index (χ1n) is 10.9. The number of halogens is 1. The Kier molecular flexibility index (Phi) is 5.17. The SMILES string of the molecule is Cc1ccc(C(C2CC(n3cc(-c4ncc(F)cc4C)c(C4CC4)n3)C2)S(=O)(=O)O)cc1. The van der Waals surface area contributed by atoms with Gasteiger partial charge < -0.3 is 0 Å². The van der Waals surface area contributed by atoms with Gasteiger partial charge in [0, 0.05) is 17.7 Å². The summed E-state index contributed by atoms with van der Waals surface area (Å²) in [6, 6.07) is 8.82. The Hall–Kier alpha value is -2.58. The third kappa shape index (κ3) is 3.97. The molecule has 0 aliphatic heterocycles. The number of aryl methyl sites for hydroxylation is 2.